The van der Waals surface area contributed by atoms with Gasteiger partial charge >= 0.3 is 5.97 Å². The van der Waals surface area contributed by atoms with Gasteiger partial charge in [0.25, 0.3) is 0 Å². The number of carbonyl (C=O) groups excluding carboxylic acids is 2. The van der Waals surface area contributed by atoms with E-state index in [1.807, 2.05) is 31.2 Å². The summed E-state index contributed by atoms with van der Waals surface area (Å²) in [6, 6.07) is 11.1. The van der Waals surface area contributed by atoms with Gasteiger partial charge in [-0.05, 0) is 55.2 Å². The minimum Gasteiger partial charge on any atom is -0.497 e. The van der Waals surface area contributed by atoms with Crippen LogP contribution in [0.25, 0.3) is 0 Å². The van der Waals surface area contributed by atoms with Crippen LogP contribution in [0.4, 0.5) is 0 Å². The van der Waals surface area contributed by atoms with Gasteiger partial charge in [-0.2, -0.15) is 0 Å². The summed E-state index contributed by atoms with van der Waals surface area (Å²) >= 11 is 0. The van der Waals surface area contributed by atoms with E-state index in [1.165, 1.54) is 7.11 Å². The Balaban J connectivity index is 1.84. The van der Waals surface area contributed by atoms with Crippen molar-refractivity contribution < 1.29 is 33.3 Å². The van der Waals surface area contributed by atoms with Crippen molar-refractivity contribution in [3.63, 3.8) is 0 Å². The summed E-state index contributed by atoms with van der Waals surface area (Å²) in [4.78, 5) is 26.8. The van der Waals surface area contributed by atoms with Gasteiger partial charge in [-0.3, -0.25) is 4.79 Å². The highest BCUT2D eigenvalue weighted by Gasteiger charge is 2.42. The van der Waals surface area contributed by atoms with Crippen molar-refractivity contribution in [3.05, 3.63) is 70.1 Å². The molecule has 2 aromatic rings. The fourth-order valence-corrected chi connectivity index (χ4v) is 5.14. The number of allylic oxidation sites excluding steroid dienone is 3. The topological polar surface area (TPSA) is 92.3 Å². The van der Waals surface area contributed by atoms with E-state index >= 15 is 0 Å². The Morgan fingerprint density at radius 1 is 0.861 bits per heavy atom. The first kappa shape index (κ1) is 25.2. The average molecular weight is 494 g/mol. The highest BCUT2D eigenvalue weighted by Crippen LogP contribution is 2.48. The number of carbonyl (C=O) groups is 2. The van der Waals surface area contributed by atoms with Gasteiger partial charge in [0.05, 0.1) is 47.0 Å². The maximum Gasteiger partial charge on any atom is 0.336 e. The molecule has 2 atom stereocenters. The van der Waals surface area contributed by atoms with Crippen LogP contribution in [0, 0.1) is 0 Å². The standard InChI is InChI=1S/C28H31NO7/c1-15-25(28(31)36-6)26(19-14-18(32-2)8-10-22(19)33-3)27-20(29-15)11-17(12-21(27)30)16-7-9-23(34-4)24(13-16)35-5/h7-10,13-14,17,26,29H,11-12H2,1-6H3. The number of hydrogen-bond donors (Lipinski definition) is 1. The third-order valence-corrected chi connectivity index (χ3v) is 6.86. The summed E-state index contributed by atoms with van der Waals surface area (Å²) in [5.41, 5.74) is 3.99. The number of ether oxygens (including phenoxy) is 5. The van der Waals surface area contributed by atoms with Crippen molar-refractivity contribution in [1.29, 1.82) is 0 Å². The number of rotatable bonds is 7. The molecule has 4 rings (SSSR count). The molecule has 1 heterocycles. The number of Topliss-reactive ketones (excluding diaryl/α,β-unsaturated/α-hetero) is 1. The van der Waals surface area contributed by atoms with Gasteiger partial charge < -0.3 is 29.0 Å². The SMILES string of the molecule is COC(=O)C1=C(C)NC2=C(C(=O)CC(c3ccc(OC)c(OC)c3)C2)C1c1cc(OC)ccc1OC. The molecule has 36 heavy (non-hydrogen) atoms. The van der Waals surface area contributed by atoms with Crippen molar-refractivity contribution in [2.24, 2.45) is 0 Å². The zero-order chi connectivity index (χ0) is 26.0. The van der Waals surface area contributed by atoms with E-state index in [2.05, 4.69) is 5.32 Å². The first-order chi connectivity index (χ1) is 17.4. The molecule has 0 fully saturated rings. The van der Waals surface area contributed by atoms with Crippen LogP contribution in [0.3, 0.4) is 0 Å². The number of ketones is 1. The van der Waals surface area contributed by atoms with Crippen molar-refractivity contribution >= 4 is 11.8 Å². The summed E-state index contributed by atoms with van der Waals surface area (Å²) in [6.07, 6.45) is 0.872. The molecule has 8 nitrogen and oxygen atoms in total. The third-order valence-electron chi connectivity index (χ3n) is 6.86. The fraction of sp³-hybridized carbons (Fsp3) is 0.357. The minimum atomic E-state index is -0.655. The second-order valence-corrected chi connectivity index (χ2v) is 8.73. The van der Waals surface area contributed by atoms with Gasteiger partial charge in [0, 0.05) is 29.0 Å². The smallest absolute Gasteiger partial charge is 0.336 e. The second kappa shape index (κ2) is 10.4. The molecular formula is C28H31NO7. The molecular weight excluding hydrogens is 462 g/mol. The van der Waals surface area contributed by atoms with E-state index < -0.39 is 11.9 Å². The van der Waals surface area contributed by atoms with Gasteiger partial charge in [0.2, 0.25) is 0 Å². The van der Waals surface area contributed by atoms with Gasteiger partial charge in [-0.15, -0.1) is 0 Å². The van der Waals surface area contributed by atoms with Gasteiger partial charge in [0.1, 0.15) is 11.5 Å². The maximum atomic E-state index is 13.8. The lowest BCUT2D eigenvalue weighted by Gasteiger charge is -2.37. The van der Waals surface area contributed by atoms with Crippen molar-refractivity contribution in [1.82, 2.24) is 5.32 Å². The number of esters is 1. The summed E-state index contributed by atoms with van der Waals surface area (Å²) in [6.45, 7) is 1.82. The molecule has 0 bridgehead atoms. The number of hydrogen-bond acceptors (Lipinski definition) is 8. The first-order valence-electron chi connectivity index (χ1n) is 11.6. The lowest BCUT2D eigenvalue weighted by molar-refractivity contribution is -0.136. The first-order valence-corrected chi connectivity index (χ1v) is 11.6. The summed E-state index contributed by atoms with van der Waals surface area (Å²) in [5.74, 6) is 1.12. The van der Waals surface area contributed by atoms with Crippen LogP contribution in [-0.2, 0) is 14.3 Å². The molecule has 190 valence electrons. The molecule has 0 spiro atoms. The third kappa shape index (κ3) is 4.39. The van der Waals surface area contributed by atoms with E-state index in [4.69, 9.17) is 23.7 Å². The van der Waals surface area contributed by atoms with E-state index in [9.17, 15) is 9.59 Å². The molecule has 1 aliphatic carbocycles. The Bertz CT molecular complexity index is 1260. The Kier molecular flexibility index (Phi) is 7.24. The fourth-order valence-electron chi connectivity index (χ4n) is 5.14. The molecule has 0 aromatic heterocycles. The quantitative estimate of drug-likeness (QED) is 0.572. The number of dihydropyridines is 1. The van der Waals surface area contributed by atoms with Crippen LogP contribution in [0.5, 0.6) is 23.0 Å². The zero-order valence-electron chi connectivity index (χ0n) is 21.4. The Morgan fingerprint density at radius 2 is 1.56 bits per heavy atom. The van der Waals surface area contributed by atoms with Crippen LogP contribution in [0.1, 0.15) is 42.7 Å². The predicted octanol–water partition coefficient (Wildman–Crippen LogP) is 4.26. The normalized spacial score (nSPS) is 19.3. The molecule has 2 aromatic carbocycles. The molecule has 1 aliphatic heterocycles. The van der Waals surface area contributed by atoms with E-state index in [1.54, 1.807) is 40.6 Å². The number of nitrogens with one attached hydrogen (secondary N) is 1. The summed E-state index contributed by atoms with van der Waals surface area (Å²) < 4.78 is 27.0. The van der Waals surface area contributed by atoms with Crippen LogP contribution < -0.4 is 24.3 Å². The van der Waals surface area contributed by atoms with Crippen LogP contribution in [-0.4, -0.2) is 47.3 Å². The zero-order valence-corrected chi connectivity index (χ0v) is 21.4. The molecule has 0 radical (unpaired) electrons. The average Bonchev–Trinajstić information content (AvgIpc) is 2.90. The van der Waals surface area contributed by atoms with Crippen molar-refractivity contribution in [2.75, 3.05) is 35.5 Å². The van der Waals surface area contributed by atoms with Crippen LogP contribution in [0.2, 0.25) is 0 Å². The van der Waals surface area contributed by atoms with Crippen LogP contribution >= 0.6 is 0 Å². The van der Waals surface area contributed by atoms with E-state index in [0.717, 1.165) is 11.3 Å². The Hall–Kier alpha value is -3.94. The highest BCUT2D eigenvalue weighted by atomic mass is 16.5. The predicted molar refractivity (Wildman–Crippen MR) is 134 cm³/mol. The monoisotopic (exact) mass is 493 g/mol. The molecule has 8 heteroatoms. The molecule has 0 amide bonds. The molecule has 0 saturated carbocycles. The van der Waals surface area contributed by atoms with Gasteiger partial charge in [0.15, 0.2) is 17.3 Å². The van der Waals surface area contributed by atoms with Crippen molar-refractivity contribution in [3.8, 4) is 23.0 Å². The molecule has 0 saturated heterocycles. The van der Waals surface area contributed by atoms with Crippen molar-refractivity contribution in [2.45, 2.75) is 31.6 Å². The maximum absolute atomic E-state index is 13.8. The largest absolute Gasteiger partial charge is 0.497 e. The minimum absolute atomic E-state index is 0.0488. The van der Waals surface area contributed by atoms with E-state index in [-0.39, 0.29) is 18.1 Å². The summed E-state index contributed by atoms with van der Waals surface area (Å²) in [5, 5.41) is 3.34. The second-order valence-electron chi connectivity index (χ2n) is 8.73. The highest BCUT2D eigenvalue weighted by molar-refractivity contribution is 6.04. The lowest BCUT2D eigenvalue weighted by atomic mass is 9.71. The van der Waals surface area contributed by atoms with Crippen LogP contribution in [0.15, 0.2) is 58.9 Å². The number of methoxy groups -OCH3 is 5. The Labute approximate surface area is 210 Å². The molecule has 1 N–H and O–H groups in total. The number of benzene rings is 2. The van der Waals surface area contributed by atoms with Gasteiger partial charge in [-0.1, -0.05) is 6.07 Å². The molecule has 2 aliphatic rings. The Morgan fingerprint density at radius 3 is 2.19 bits per heavy atom. The lowest BCUT2D eigenvalue weighted by Crippen LogP contribution is -2.36. The molecule has 2 unspecified atom stereocenters. The van der Waals surface area contributed by atoms with Gasteiger partial charge in [-0.25, -0.2) is 4.79 Å². The summed E-state index contributed by atoms with van der Waals surface area (Å²) in [7, 11) is 7.64. The van der Waals surface area contributed by atoms with E-state index in [0.29, 0.717) is 51.8 Å².